The first-order valence-electron chi connectivity index (χ1n) is 9.97. The van der Waals surface area contributed by atoms with Crippen LogP contribution < -0.4 is 5.56 Å². The number of ketones is 1. The molecular weight excluding hydrogens is 471 g/mol. The highest BCUT2D eigenvalue weighted by Gasteiger charge is 2.32. The molecule has 0 fully saturated rings. The second-order valence-electron chi connectivity index (χ2n) is 7.64. The zero-order valence-electron chi connectivity index (χ0n) is 18.2. The molecule has 34 heavy (non-hydrogen) atoms. The number of Topliss-reactive ketones (excluding diaryl/α,β-unsaturated/α-hetero) is 1. The molecule has 12 heteroatoms. The van der Waals surface area contributed by atoms with Gasteiger partial charge in [-0.1, -0.05) is 6.07 Å². The lowest BCUT2D eigenvalue weighted by Gasteiger charge is -2.16. The average Bonchev–Trinajstić information content (AvgIpc) is 3.36. The van der Waals surface area contributed by atoms with Crippen molar-refractivity contribution < 1.29 is 22.8 Å². The maximum atomic E-state index is 13.1. The van der Waals surface area contributed by atoms with Crippen LogP contribution in [0, 0.1) is 13.8 Å². The zero-order chi connectivity index (χ0) is 24.8. The van der Waals surface area contributed by atoms with Crippen molar-refractivity contribution in [2.45, 2.75) is 26.6 Å². The quantitative estimate of drug-likeness (QED) is 0.341. The Labute approximate surface area is 194 Å². The molecule has 0 spiro atoms. The number of aromatic amines is 1. The summed E-state index contributed by atoms with van der Waals surface area (Å²) in [6.07, 6.45) is -4.54. The minimum atomic E-state index is -4.54. The second-order valence-corrected chi connectivity index (χ2v) is 8.56. The van der Waals surface area contributed by atoms with Crippen LogP contribution in [-0.2, 0) is 17.5 Å². The molecule has 0 aliphatic heterocycles. The van der Waals surface area contributed by atoms with Crippen LogP contribution in [0.1, 0.15) is 33.1 Å². The molecular formula is C22H18F3N5O3S. The Bertz CT molecular complexity index is 1490. The minimum Gasteiger partial charge on any atom is -0.331 e. The third kappa shape index (κ3) is 4.23. The highest BCUT2D eigenvalue weighted by molar-refractivity contribution is 7.17. The summed E-state index contributed by atoms with van der Waals surface area (Å²) in [7, 11) is 1.39. The van der Waals surface area contributed by atoms with E-state index < -0.39 is 23.4 Å². The van der Waals surface area contributed by atoms with Gasteiger partial charge in [-0.25, -0.2) is 9.67 Å². The maximum Gasteiger partial charge on any atom is 0.416 e. The predicted octanol–water partition coefficient (Wildman–Crippen LogP) is 3.65. The molecule has 1 aromatic carbocycles. The Balaban J connectivity index is 1.61. The molecule has 1 N–H and O–H groups in total. The summed E-state index contributed by atoms with van der Waals surface area (Å²) in [4.78, 5) is 46.0. The van der Waals surface area contributed by atoms with Gasteiger partial charge in [-0.05, 0) is 43.5 Å². The third-order valence-corrected chi connectivity index (χ3v) is 6.13. The van der Waals surface area contributed by atoms with Crippen LogP contribution >= 0.6 is 11.3 Å². The molecule has 1 amide bonds. The highest BCUT2D eigenvalue weighted by Crippen LogP contribution is 2.31. The van der Waals surface area contributed by atoms with Crippen LogP contribution in [0.2, 0.25) is 0 Å². The van der Waals surface area contributed by atoms with E-state index in [1.165, 1.54) is 49.0 Å². The van der Waals surface area contributed by atoms with Crippen molar-refractivity contribution >= 4 is 33.2 Å². The summed E-state index contributed by atoms with van der Waals surface area (Å²) in [6.45, 7) is 2.89. The fourth-order valence-corrected chi connectivity index (χ4v) is 4.34. The lowest BCUT2D eigenvalue weighted by atomic mass is 10.1. The number of thiophene rings is 1. The summed E-state index contributed by atoms with van der Waals surface area (Å²) in [6, 6.07) is 6.21. The summed E-state index contributed by atoms with van der Waals surface area (Å²) >= 11 is 1.24. The zero-order valence-corrected chi connectivity index (χ0v) is 19.0. The Morgan fingerprint density at radius 1 is 1.21 bits per heavy atom. The molecule has 3 heterocycles. The number of nitrogens with one attached hydrogen (secondary N) is 1. The van der Waals surface area contributed by atoms with Crippen LogP contribution in [0.15, 0.2) is 40.5 Å². The van der Waals surface area contributed by atoms with E-state index in [2.05, 4.69) is 15.1 Å². The monoisotopic (exact) mass is 489 g/mol. The molecule has 0 aliphatic rings. The minimum absolute atomic E-state index is 0.00370. The lowest BCUT2D eigenvalue weighted by molar-refractivity contribution is -0.137. The molecule has 4 aromatic rings. The van der Waals surface area contributed by atoms with E-state index in [-0.39, 0.29) is 40.6 Å². The van der Waals surface area contributed by atoms with Gasteiger partial charge in [0.05, 0.1) is 40.3 Å². The summed E-state index contributed by atoms with van der Waals surface area (Å²) in [5, 5.41) is 5.91. The fourth-order valence-electron chi connectivity index (χ4n) is 3.61. The van der Waals surface area contributed by atoms with Crippen molar-refractivity contribution in [1.29, 1.82) is 0 Å². The van der Waals surface area contributed by atoms with Gasteiger partial charge in [0.25, 0.3) is 17.2 Å². The molecule has 8 nitrogen and oxygen atoms in total. The van der Waals surface area contributed by atoms with Gasteiger partial charge in [0.1, 0.15) is 10.5 Å². The van der Waals surface area contributed by atoms with Crippen LogP contribution in [0.25, 0.3) is 15.9 Å². The third-order valence-electron chi connectivity index (χ3n) is 5.23. The normalized spacial score (nSPS) is 11.7. The van der Waals surface area contributed by atoms with Crippen molar-refractivity contribution in [3.8, 4) is 5.69 Å². The number of hydrogen-bond acceptors (Lipinski definition) is 6. The molecule has 176 valence electrons. The van der Waals surface area contributed by atoms with Gasteiger partial charge in [-0.15, -0.1) is 11.3 Å². The Hall–Kier alpha value is -3.80. The van der Waals surface area contributed by atoms with E-state index >= 15 is 0 Å². The lowest BCUT2D eigenvalue weighted by Crippen LogP contribution is -2.34. The van der Waals surface area contributed by atoms with Crippen LogP contribution in [0.3, 0.4) is 0 Å². The number of alkyl halides is 3. The molecule has 0 bridgehead atoms. The number of halogens is 3. The van der Waals surface area contributed by atoms with Crippen molar-refractivity contribution in [3.05, 3.63) is 74.4 Å². The number of fused-ring (bicyclic) bond motifs is 1. The van der Waals surface area contributed by atoms with Crippen molar-refractivity contribution in [2.75, 3.05) is 7.05 Å². The van der Waals surface area contributed by atoms with Crippen molar-refractivity contribution in [3.63, 3.8) is 0 Å². The fraction of sp³-hybridized carbons (Fsp3) is 0.227. The van der Waals surface area contributed by atoms with E-state index in [1.54, 1.807) is 11.4 Å². The summed E-state index contributed by atoms with van der Waals surface area (Å²) < 4.78 is 41.0. The SMILES string of the molecule is Cc1nn(-c2cccc(C(F)(F)F)c2)c(C)c1C(=O)C(=O)N(C)Cc1nc2ccsc2c(=O)[nH]1. The summed E-state index contributed by atoms with van der Waals surface area (Å²) in [5.74, 6) is -1.52. The van der Waals surface area contributed by atoms with E-state index in [9.17, 15) is 27.6 Å². The molecule has 0 radical (unpaired) electrons. The van der Waals surface area contributed by atoms with E-state index in [4.69, 9.17) is 0 Å². The number of rotatable bonds is 5. The first-order valence-corrected chi connectivity index (χ1v) is 10.9. The van der Waals surface area contributed by atoms with Crippen LogP contribution in [-0.4, -0.2) is 43.4 Å². The van der Waals surface area contributed by atoms with Crippen LogP contribution in [0.5, 0.6) is 0 Å². The molecule has 0 aliphatic carbocycles. The van der Waals surface area contributed by atoms with Gasteiger partial charge < -0.3 is 9.88 Å². The molecule has 0 atom stereocenters. The number of aryl methyl sites for hydroxylation is 1. The Morgan fingerprint density at radius 2 is 1.94 bits per heavy atom. The average molecular weight is 489 g/mol. The smallest absolute Gasteiger partial charge is 0.331 e. The second kappa shape index (κ2) is 8.52. The topological polar surface area (TPSA) is 101 Å². The first kappa shape index (κ1) is 23.4. The number of amides is 1. The molecule has 0 saturated heterocycles. The van der Waals surface area contributed by atoms with Crippen molar-refractivity contribution in [1.82, 2.24) is 24.6 Å². The first-order chi connectivity index (χ1) is 16.0. The molecule has 0 unspecified atom stereocenters. The van der Waals surface area contributed by atoms with Gasteiger partial charge in [0, 0.05) is 7.05 Å². The van der Waals surface area contributed by atoms with E-state index in [0.717, 1.165) is 17.0 Å². The van der Waals surface area contributed by atoms with E-state index in [0.29, 0.717) is 10.2 Å². The Morgan fingerprint density at radius 3 is 2.65 bits per heavy atom. The van der Waals surface area contributed by atoms with Gasteiger partial charge in [-0.2, -0.15) is 18.3 Å². The number of hydrogen-bond donors (Lipinski definition) is 1. The number of aromatic nitrogens is 4. The Kier molecular flexibility index (Phi) is 5.86. The highest BCUT2D eigenvalue weighted by atomic mass is 32.1. The number of H-pyrrole nitrogens is 1. The standard InChI is InChI=1S/C22H18F3N5O3S/c1-11-17(12(2)30(28-11)14-6-4-5-13(9-14)22(23,24)25)18(31)21(33)29(3)10-16-26-15-7-8-34-19(15)20(32)27-16/h4-9H,10H2,1-3H3,(H,26,27,32). The van der Waals surface area contributed by atoms with Gasteiger partial charge >= 0.3 is 6.18 Å². The maximum absolute atomic E-state index is 13.1. The molecule has 3 aromatic heterocycles. The number of benzene rings is 1. The van der Waals surface area contributed by atoms with Gasteiger partial charge in [-0.3, -0.25) is 14.4 Å². The van der Waals surface area contributed by atoms with Crippen LogP contribution in [0.4, 0.5) is 13.2 Å². The van der Waals surface area contributed by atoms with Crippen molar-refractivity contribution in [2.24, 2.45) is 0 Å². The van der Waals surface area contributed by atoms with Gasteiger partial charge in [0.2, 0.25) is 0 Å². The largest absolute Gasteiger partial charge is 0.416 e. The number of nitrogens with zero attached hydrogens (tertiary/aromatic N) is 4. The summed E-state index contributed by atoms with van der Waals surface area (Å²) in [5.41, 5.74) is -0.153. The number of likely N-dealkylation sites (N-methyl/N-ethyl adjacent to an activating group) is 1. The molecule has 0 saturated carbocycles. The number of carbonyl (C=O) groups excluding carboxylic acids is 2. The number of carbonyl (C=O) groups is 2. The van der Waals surface area contributed by atoms with Gasteiger partial charge in [0.15, 0.2) is 0 Å². The predicted molar refractivity (Wildman–Crippen MR) is 119 cm³/mol. The van der Waals surface area contributed by atoms with E-state index in [1.807, 2.05) is 0 Å². The molecule has 4 rings (SSSR count).